The molecule has 3 heteroatoms. The molecule has 0 amide bonds. The van der Waals surface area contributed by atoms with E-state index >= 15 is 0 Å². The summed E-state index contributed by atoms with van der Waals surface area (Å²) in [5, 5.41) is 2.32. The molecule has 0 aliphatic rings. The zero-order valence-electron chi connectivity index (χ0n) is 9.55. The van der Waals surface area contributed by atoms with Crippen molar-refractivity contribution in [3.8, 4) is 0 Å². The Morgan fingerprint density at radius 1 is 0.944 bits per heavy atom. The van der Waals surface area contributed by atoms with Gasteiger partial charge in [0.25, 0.3) is 5.56 Å². The number of H-pyrrole nitrogens is 1. The standard InChI is InChI=1S/C15H10N2O/c18-15-13-6-3-9-17(13)14-11-5-2-1-4-10(11)7-8-12(14)16-15/h1-9H,(H,16,18). The summed E-state index contributed by atoms with van der Waals surface area (Å²) in [4.78, 5) is 14.8. The number of fused-ring (bicyclic) bond motifs is 5. The molecule has 2 aromatic carbocycles. The number of rotatable bonds is 0. The van der Waals surface area contributed by atoms with Crippen LogP contribution in [0.1, 0.15) is 0 Å². The molecule has 0 bridgehead atoms. The van der Waals surface area contributed by atoms with Crippen LogP contribution in [0, 0.1) is 0 Å². The normalized spacial score (nSPS) is 11.6. The summed E-state index contributed by atoms with van der Waals surface area (Å²) in [6.45, 7) is 0. The third-order valence-corrected chi connectivity index (χ3v) is 3.37. The molecule has 0 fully saturated rings. The molecule has 0 spiro atoms. The molecule has 2 heterocycles. The van der Waals surface area contributed by atoms with E-state index in [2.05, 4.69) is 17.1 Å². The van der Waals surface area contributed by atoms with Crippen LogP contribution in [-0.4, -0.2) is 9.38 Å². The second kappa shape index (κ2) is 3.23. The van der Waals surface area contributed by atoms with Crippen molar-refractivity contribution in [2.24, 2.45) is 0 Å². The van der Waals surface area contributed by atoms with Crippen molar-refractivity contribution in [2.75, 3.05) is 0 Å². The third kappa shape index (κ3) is 1.10. The van der Waals surface area contributed by atoms with E-state index in [9.17, 15) is 4.79 Å². The molecule has 0 aliphatic carbocycles. The Morgan fingerprint density at radius 2 is 1.83 bits per heavy atom. The van der Waals surface area contributed by atoms with Gasteiger partial charge in [0.2, 0.25) is 0 Å². The lowest BCUT2D eigenvalue weighted by molar-refractivity contribution is 1.20. The Bertz CT molecular complexity index is 947. The van der Waals surface area contributed by atoms with Crippen LogP contribution in [0.25, 0.3) is 27.3 Å². The number of nitrogens with zero attached hydrogens (tertiary/aromatic N) is 1. The van der Waals surface area contributed by atoms with Gasteiger partial charge in [-0.2, -0.15) is 0 Å². The average molecular weight is 234 g/mol. The quantitative estimate of drug-likeness (QED) is 0.467. The summed E-state index contributed by atoms with van der Waals surface area (Å²) in [5.74, 6) is 0. The first-order valence-corrected chi connectivity index (χ1v) is 5.85. The predicted octanol–water partition coefficient (Wildman–Crippen LogP) is 2.93. The first kappa shape index (κ1) is 9.48. The van der Waals surface area contributed by atoms with E-state index < -0.39 is 0 Å². The Kier molecular flexibility index (Phi) is 1.70. The van der Waals surface area contributed by atoms with E-state index in [-0.39, 0.29) is 5.56 Å². The van der Waals surface area contributed by atoms with Crippen molar-refractivity contribution < 1.29 is 0 Å². The minimum Gasteiger partial charge on any atom is -0.319 e. The Balaban J connectivity index is 2.44. The van der Waals surface area contributed by atoms with E-state index in [1.165, 1.54) is 5.39 Å². The SMILES string of the molecule is O=c1[nH]c2ccc3ccccc3c2n2cccc12. The molecule has 0 radical (unpaired) electrons. The van der Waals surface area contributed by atoms with Crippen molar-refractivity contribution in [1.82, 2.24) is 9.38 Å². The van der Waals surface area contributed by atoms with Crippen molar-refractivity contribution >= 4 is 27.3 Å². The molecule has 0 saturated carbocycles. The highest BCUT2D eigenvalue weighted by Crippen LogP contribution is 2.23. The Hall–Kier alpha value is -2.55. The molecule has 1 N–H and O–H groups in total. The molecule has 3 nitrogen and oxygen atoms in total. The molecule has 0 aliphatic heterocycles. The third-order valence-electron chi connectivity index (χ3n) is 3.37. The van der Waals surface area contributed by atoms with Crippen molar-refractivity contribution in [1.29, 1.82) is 0 Å². The highest BCUT2D eigenvalue weighted by atomic mass is 16.1. The van der Waals surface area contributed by atoms with Crippen LogP contribution in [0.4, 0.5) is 0 Å². The smallest absolute Gasteiger partial charge is 0.272 e. The fourth-order valence-corrected chi connectivity index (χ4v) is 2.56. The van der Waals surface area contributed by atoms with Gasteiger partial charge in [0, 0.05) is 11.6 Å². The maximum Gasteiger partial charge on any atom is 0.272 e. The number of aromatic nitrogens is 2. The van der Waals surface area contributed by atoms with Crippen LogP contribution < -0.4 is 5.56 Å². The lowest BCUT2D eigenvalue weighted by Crippen LogP contribution is -2.09. The van der Waals surface area contributed by atoms with E-state index in [0.29, 0.717) is 5.52 Å². The van der Waals surface area contributed by atoms with Crippen LogP contribution >= 0.6 is 0 Å². The van der Waals surface area contributed by atoms with Gasteiger partial charge in [0.05, 0.1) is 11.0 Å². The predicted molar refractivity (Wildman–Crippen MR) is 73.0 cm³/mol. The molecule has 4 rings (SSSR count). The lowest BCUT2D eigenvalue weighted by Gasteiger charge is -2.06. The van der Waals surface area contributed by atoms with Crippen LogP contribution in [0.15, 0.2) is 59.5 Å². The molecule has 0 saturated heterocycles. The highest BCUT2D eigenvalue weighted by molar-refractivity contribution is 6.04. The van der Waals surface area contributed by atoms with Crippen molar-refractivity contribution in [3.05, 3.63) is 65.1 Å². The number of hydrogen-bond acceptors (Lipinski definition) is 1. The van der Waals surface area contributed by atoms with Gasteiger partial charge >= 0.3 is 0 Å². The van der Waals surface area contributed by atoms with Crippen LogP contribution in [-0.2, 0) is 0 Å². The monoisotopic (exact) mass is 234 g/mol. The van der Waals surface area contributed by atoms with Gasteiger partial charge in [-0.05, 0) is 23.6 Å². The number of nitrogens with one attached hydrogen (secondary N) is 1. The Morgan fingerprint density at radius 3 is 2.78 bits per heavy atom. The topological polar surface area (TPSA) is 37.3 Å². The minimum absolute atomic E-state index is 0.0530. The molecule has 0 atom stereocenters. The number of hydrogen-bond donors (Lipinski definition) is 1. The van der Waals surface area contributed by atoms with Gasteiger partial charge in [-0.25, -0.2) is 0 Å². The maximum atomic E-state index is 11.9. The molecule has 0 unspecified atom stereocenters. The number of benzene rings is 2. The van der Waals surface area contributed by atoms with Crippen molar-refractivity contribution in [3.63, 3.8) is 0 Å². The van der Waals surface area contributed by atoms with Gasteiger partial charge < -0.3 is 9.38 Å². The molecule has 18 heavy (non-hydrogen) atoms. The zero-order chi connectivity index (χ0) is 12.1. The van der Waals surface area contributed by atoms with Gasteiger partial charge in [-0.15, -0.1) is 0 Å². The largest absolute Gasteiger partial charge is 0.319 e. The summed E-state index contributed by atoms with van der Waals surface area (Å²) in [7, 11) is 0. The van der Waals surface area contributed by atoms with Crippen LogP contribution in [0.2, 0.25) is 0 Å². The van der Waals surface area contributed by atoms with E-state index in [0.717, 1.165) is 16.4 Å². The highest BCUT2D eigenvalue weighted by Gasteiger charge is 2.07. The average Bonchev–Trinajstić information content (AvgIpc) is 2.88. The van der Waals surface area contributed by atoms with Gasteiger partial charge in [-0.3, -0.25) is 4.79 Å². The van der Waals surface area contributed by atoms with Gasteiger partial charge in [-0.1, -0.05) is 30.3 Å². The number of aromatic amines is 1. The summed E-state index contributed by atoms with van der Waals surface area (Å²) >= 11 is 0. The lowest BCUT2D eigenvalue weighted by atomic mass is 10.1. The fourth-order valence-electron chi connectivity index (χ4n) is 2.56. The zero-order valence-corrected chi connectivity index (χ0v) is 9.55. The first-order valence-electron chi connectivity index (χ1n) is 5.85. The van der Waals surface area contributed by atoms with E-state index in [1.807, 2.05) is 47.0 Å². The van der Waals surface area contributed by atoms with Crippen molar-refractivity contribution in [2.45, 2.75) is 0 Å². The molecular formula is C15H10N2O. The molecular weight excluding hydrogens is 224 g/mol. The van der Waals surface area contributed by atoms with Crippen LogP contribution in [0.5, 0.6) is 0 Å². The first-order chi connectivity index (χ1) is 8.84. The fraction of sp³-hybridized carbons (Fsp3) is 0. The molecule has 86 valence electrons. The second-order valence-corrected chi connectivity index (χ2v) is 4.40. The van der Waals surface area contributed by atoms with Gasteiger partial charge in [0.1, 0.15) is 5.52 Å². The summed E-state index contributed by atoms with van der Waals surface area (Å²) in [6, 6.07) is 15.9. The summed E-state index contributed by atoms with van der Waals surface area (Å²) in [6.07, 6.45) is 1.93. The summed E-state index contributed by atoms with van der Waals surface area (Å²) < 4.78 is 1.95. The minimum atomic E-state index is -0.0530. The molecule has 4 aromatic rings. The summed E-state index contributed by atoms with van der Waals surface area (Å²) in [5.41, 5.74) is 2.54. The van der Waals surface area contributed by atoms with E-state index in [1.54, 1.807) is 0 Å². The second-order valence-electron chi connectivity index (χ2n) is 4.40. The molecule has 2 aromatic heterocycles. The van der Waals surface area contributed by atoms with Crippen LogP contribution in [0.3, 0.4) is 0 Å². The van der Waals surface area contributed by atoms with Gasteiger partial charge in [0.15, 0.2) is 0 Å². The van der Waals surface area contributed by atoms with E-state index in [4.69, 9.17) is 0 Å². The maximum absolute atomic E-state index is 11.9. The Labute approximate surface area is 102 Å².